The third-order valence-corrected chi connectivity index (χ3v) is 2.84. The average molecular weight is 278 g/mol. The van der Waals surface area contributed by atoms with Crippen molar-refractivity contribution in [2.45, 2.75) is 45.3 Å². The summed E-state index contributed by atoms with van der Waals surface area (Å²) in [5.41, 5.74) is -0.559. The Kier molecular flexibility index (Phi) is 3.76. The van der Waals surface area contributed by atoms with E-state index in [2.05, 4.69) is 15.9 Å². The third kappa shape index (κ3) is 3.19. The number of ether oxygens (including phenoxy) is 1. The van der Waals surface area contributed by atoms with Crippen molar-refractivity contribution >= 4 is 27.9 Å². The summed E-state index contributed by atoms with van der Waals surface area (Å²) in [4.78, 5) is 24.4. The number of likely N-dealkylation sites (tertiary alicyclic amines) is 1. The van der Waals surface area contributed by atoms with Gasteiger partial charge in [-0.25, -0.2) is 9.69 Å². The Morgan fingerprint density at radius 2 is 2.20 bits per heavy atom. The maximum Gasteiger partial charge on any atom is 0.417 e. The van der Waals surface area contributed by atoms with Crippen molar-refractivity contribution in [2.24, 2.45) is 0 Å². The molecule has 1 aliphatic rings. The van der Waals surface area contributed by atoms with E-state index in [-0.39, 0.29) is 11.9 Å². The number of alkyl halides is 1. The molecule has 1 heterocycles. The number of carbonyl (C=O) groups is 2. The fourth-order valence-corrected chi connectivity index (χ4v) is 2.06. The van der Waals surface area contributed by atoms with Gasteiger partial charge in [-0.1, -0.05) is 15.9 Å². The maximum absolute atomic E-state index is 11.7. The van der Waals surface area contributed by atoms with Crippen molar-refractivity contribution in [3.63, 3.8) is 0 Å². The van der Waals surface area contributed by atoms with E-state index in [0.717, 1.165) is 0 Å². The minimum absolute atomic E-state index is 0.0626. The SMILES string of the molecule is CC(C)(C)OC(=O)N1C(=O)CC[C@H]1CBr. The average Bonchev–Trinajstić information content (AvgIpc) is 2.43. The molecule has 0 aromatic carbocycles. The predicted octanol–water partition coefficient (Wildman–Crippen LogP) is 2.31. The van der Waals surface area contributed by atoms with E-state index < -0.39 is 11.7 Å². The maximum atomic E-state index is 11.7. The molecule has 0 spiro atoms. The van der Waals surface area contributed by atoms with E-state index in [9.17, 15) is 9.59 Å². The van der Waals surface area contributed by atoms with Crippen molar-refractivity contribution in [3.05, 3.63) is 0 Å². The molecule has 1 fully saturated rings. The Morgan fingerprint density at radius 3 is 2.67 bits per heavy atom. The summed E-state index contributed by atoms with van der Waals surface area (Å²) in [6.45, 7) is 5.36. The number of hydrogen-bond donors (Lipinski definition) is 0. The number of amides is 2. The first kappa shape index (κ1) is 12.5. The zero-order chi connectivity index (χ0) is 11.6. The van der Waals surface area contributed by atoms with Crippen LogP contribution in [0.15, 0.2) is 0 Å². The number of carbonyl (C=O) groups excluding carboxylic acids is 2. The Bertz CT molecular complexity index is 272. The van der Waals surface area contributed by atoms with Crippen LogP contribution in [-0.4, -0.2) is 33.9 Å². The summed E-state index contributed by atoms with van der Waals surface area (Å²) >= 11 is 3.29. The van der Waals surface area contributed by atoms with E-state index in [1.807, 2.05) is 0 Å². The summed E-state index contributed by atoms with van der Waals surface area (Å²) in [5, 5.41) is 0.609. The van der Waals surface area contributed by atoms with Crippen LogP contribution in [0.4, 0.5) is 4.79 Å². The topological polar surface area (TPSA) is 46.6 Å². The lowest BCUT2D eigenvalue weighted by Gasteiger charge is -2.26. The first-order chi connectivity index (χ1) is 6.85. The molecule has 0 N–H and O–H groups in total. The van der Waals surface area contributed by atoms with Gasteiger partial charge in [-0.05, 0) is 27.2 Å². The van der Waals surface area contributed by atoms with Crippen molar-refractivity contribution in [1.82, 2.24) is 4.90 Å². The molecule has 1 aliphatic heterocycles. The quantitative estimate of drug-likeness (QED) is 0.691. The third-order valence-electron chi connectivity index (χ3n) is 2.09. The normalized spacial score (nSPS) is 22.0. The number of rotatable bonds is 1. The largest absolute Gasteiger partial charge is 0.443 e. The molecule has 2 amide bonds. The standard InChI is InChI=1S/C10H16BrNO3/c1-10(2,3)15-9(14)12-7(6-11)4-5-8(12)13/h7H,4-6H2,1-3H3/t7-/m0/s1. The van der Waals surface area contributed by atoms with Gasteiger partial charge >= 0.3 is 6.09 Å². The fourth-order valence-electron chi connectivity index (χ4n) is 1.45. The van der Waals surface area contributed by atoms with E-state index in [1.165, 1.54) is 4.90 Å². The van der Waals surface area contributed by atoms with Gasteiger partial charge in [0.2, 0.25) is 5.91 Å². The highest BCUT2D eigenvalue weighted by molar-refractivity contribution is 9.09. The van der Waals surface area contributed by atoms with Crippen molar-refractivity contribution in [3.8, 4) is 0 Å². The molecule has 1 saturated heterocycles. The molecule has 0 unspecified atom stereocenters. The second-order valence-corrected chi connectivity index (χ2v) is 5.24. The lowest BCUT2D eigenvalue weighted by atomic mass is 10.2. The van der Waals surface area contributed by atoms with Gasteiger partial charge in [0.15, 0.2) is 0 Å². The second-order valence-electron chi connectivity index (χ2n) is 4.59. The molecule has 15 heavy (non-hydrogen) atoms. The minimum Gasteiger partial charge on any atom is -0.443 e. The van der Waals surface area contributed by atoms with E-state index in [4.69, 9.17) is 4.74 Å². The highest BCUT2D eigenvalue weighted by Gasteiger charge is 2.37. The molecule has 0 aliphatic carbocycles. The van der Waals surface area contributed by atoms with Crippen LogP contribution < -0.4 is 0 Å². The van der Waals surface area contributed by atoms with Crippen LogP contribution in [0.2, 0.25) is 0 Å². The van der Waals surface area contributed by atoms with Gasteiger partial charge in [0, 0.05) is 11.8 Å². The Labute approximate surface area is 98.1 Å². The Morgan fingerprint density at radius 1 is 1.60 bits per heavy atom. The van der Waals surface area contributed by atoms with E-state index >= 15 is 0 Å². The fraction of sp³-hybridized carbons (Fsp3) is 0.800. The van der Waals surface area contributed by atoms with Crippen molar-refractivity contribution < 1.29 is 14.3 Å². The summed E-state index contributed by atoms with van der Waals surface area (Å²) in [5.74, 6) is -0.145. The highest BCUT2D eigenvalue weighted by Crippen LogP contribution is 2.23. The van der Waals surface area contributed by atoms with Crippen molar-refractivity contribution in [1.29, 1.82) is 0 Å². The molecule has 86 valence electrons. The second kappa shape index (κ2) is 4.51. The van der Waals surface area contributed by atoms with Gasteiger partial charge in [-0.3, -0.25) is 4.79 Å². The zero-order valence-corrected chi connectivity index (χ0v) is 10.8. The Balaban J connectivity index is 2.69. The molecule has 1 atom stereocenters. The first-order valence-electron chi connectivity index (χ1n) is 4.96. The molecular weight excluding hydrogens is 262 g/mol. The molecule has 0 radical (unpaired) electrons. The van der Waals surface area contributed by atoms with E-state index in [1.54, 1.807) is 20.8 Å². The van der Waals surface area contributed by atoms with Gasteiger partial charge in [-0.2, -0.15) is 0 Å². The molecule has 0 bridgehead atoms. The van der Waals surface area contributed by atoms with Crippen molar-refractivity contribution in [2.75, 3.05) is 5.33 Å². The van der Waals surface area contributed by atoms with Crippen LogP contribution in [-0.2, 0) is 9.53 Å². The number of imide groups is 1. The van der Waals surface area contributed by atoms with Gasteiger partial charge < -0.3 is 4.74 Å². The summed E-state index contributed by atoms with van der Waals surface area (Å²) in [7, 11) is 0. The summed E-state index contributed by atoms with van der Waals surface area (Å²) in [6.07, 6.45) is 0.605. The van der Waals surface area contributed by atoms with Crippen LogP contribution in [0.25, 0.3) is 0 Å². The lowest BCUT2D eigenvalue weighted by Crippen LogP contribution is -2.42. The molecular formula is C10H16BrNO3. The summed E-state index contributed by atoms with van der Waals surface area (Å²) < 4.78 is 5.17. The smallest absolute Gasteiger partial charge is 0.417 e. The van der Waals surface area contributed by atoms with Crippen LogP contribution in [0, 0.1) is 0 Å². The van der Waals surface area contributed by atoms with Crippen LogP contribution in [0.5, 0.6) is 0 Å². The van der Waals surface area contributed by atoms with Crippen LogP contribution in [0.3, 0.4) is 0 Å². The monoisotopic (exact) mass is 277 g/mol. The van der Waals surface area contributed by atoms with Gasteiger partial charge in [-0.15, -0.1) is 0 Å². The van der Waals surface area contributed by atoms with Crippen LogP contribution >= 0.6 is 15.9 Å². The molecule has 4 nitrogen and oxygen atoms in total. The molecule has 0 aromatic heterocycles. The zero-order valence-electron chi connectivity index (χ0n) is 9.25. The first-order valence-corrected chi connectivity index (χ1v) is 6.08. The summed E-state index contributed by atoms with van der Waals surface area (Å²) in [6, 6.07) is -0.0626. The number of halogens is 1. The van der Waals surface area contributed by atoms with Gasteiger partial charge in [0.1, 0.15) is 5.60 Å². The molecule has 0 saturated carbocycles. The van der Waals surface area contributed by atoms with E-state index in [0.29, 0.717) is 18.2 Å². The highest BCUT2D eigenvalue weighted by atomic mass is 79.9. The molecule has 5 heteroatoms. The predicted molar refractivity (Wildman–Crippen MR) is 59.9 cm³/mol. The minimum atomic E-state index is -0.559. The van der Waals surface area contributed by atoms with Gasteiger partial charge in [0.05, 0.1) is 6.04 Å². The van der Waals surface area contributed by atoms with Gasteiger partial charge in [0.25, 0.3) is 0 Å². The molecule has 1 rings (SSSR count). The number of nitrogens with zero attached hydrogens (tertiary/aromatic N) is 1. The molecule has 0 aromatic rings. The Hall–Kier alpha value is -0.580. The lowest BCUT2D eigenvalue weighted by molar-refractivity contribution is -0.127. The van der Waals surface area contributed by atoms with Crippen LogP contribution in [0.1, 0.15) is 33.6 Å². The number of hydrogen-bond acceptors (Lipinski definition) is 3.